The molecule has 0 bridgehead atoms. The van der Waals surface area contributed by atoms with Crippen molar-refractivity contribution >= 4 is 17.3 Å². The van der Waals surface area contributed by atoms with E-state index in [1.807, 2.05) is 12.1 Å². The summed E-state index contributed by atoms with van der Waals surface area (Å²) in [6, 6.07) is 7.29. The highest BCUT2D eigenvalue weighted by molar-refractivity contribution is 7.17. The van der Waals surface area contributed by atoms with Crippen LogP contribution in [0.2, 0.25) is 0 Å². The van der Waals surface area contributed by atoms with Crippen LogP contribution in [0.25, 0.3) is 10.4 Å². The van der Waals surface area contributed by atoms with Crippen LogP contribution in [0.4, 0.5) is 0 Å². The molecular weight excluding hydrogens is 304 g/mol. The Balaban J connectivity index is 2.47. The molecule has 0 N–H and O–H groups in total. The Labute approximate surface area is 133 Å². The third-order valence-corrected chi connectivity index (χ3v) is 4.15. The number of rotatable bonds is 6. The summed E-state index contributed by atoms with van der Waals surface area (Å²) in [5.74, 6) is 1.36. The Morgan fingerprint density at radius 3 is 2.32 bits per heavy atom. The standard InChI is InChI=1S/C16H18O5S/c1-5-21-16(17)13-9-8-12(22-13)10-6-7-11(18-2)15(20-4)14(10)19-3/h6-9H,5H2,1-4H3. The second-order valence-corrected chi connectivity index (χ2v) is 5.35. The summed E-state index contributed by atoms with van der Waals surface area (Å²) in [7, 11) is 4.70. The molecule has 0 fully saturated rings. The van der Waals surface area contributed by atoms with Crippen LogP contribution in [0.3, 0.4) is 0 Å². The lowest BCUT2D eigenvalue weighted by atomic mass is 10.1. The number of hydrogen-bond acceptors (Lipinski definition) is 6. The fourth-order valence-corrected chi connectivity index (χ4v) is 3.01. The largest absolute Gasteiger partial charge is 0.493 e. The first kappa shape index (κ1) is 16.2. The Bertz CT molecular complexity index is 663. The topological polar surface area (TPSA) is 54.0 Å². The second-order valence-electron chi connectivity index (χ2n) is 4.27. The first-order valence-corrected chi connectivity index (χ1v) is 7.54. The third-order valence-electron chi connectivity index (χ3n) is 3.05. The maximum absolute atomic E-state index is 11.8. The van der Waals surface area contributed by atoms with Crippen molar-refractivity contribution in [1.29, 1.82) is 0 Å². The van der Waals surface area contributed by atoms with Crippen molar-refractivity contribution in [3.8, 4) is 27.7 Å². The van der Waals surface area contributed by atoms with Gasteiger partial charge in [-0.05, 0) is 31.2 Å². The minimum absolute atomic E-state index is 0.321. The number of carbonyl (C=O) groups excluding carboxylic acids is 1. The highest BCUT2D eigenvalue weighted by atomic mass is 32.1. The molecule has 2 aromatic rings. The van der Waals surface area contributed by atoms with Crippen molar-refractivity contribution in [2.75, 3.05) is 27.9 Å². The Kier molecular flexibility index (Phi) is 5.27. The average molecular weight is 322 g/mol. The molecular formula is C16H18O5S. The molecule has 22 heavy (non-hydrogen) atoms. The second kappa shape index (κ2) is 7.17. The van der Waals surface area contributed by atoms with Crippen LogP contribution in [0, 0.1) is 0 Å². The molecule has 0 aliphatic rings. The lowest BCUT2D eigenvalue weighted by Gasteiger charge is -2.14. The summed E-state index contributed by atoms with van der Waals surface area (Å²) in [4.78, 5) is 13.2. The molecule has 0 aliphatic heterocycles. The molecule has 1 aromatic heterocycles. The SMILES string of the molecule is CCOC(=O)c1ccc(-c2ccc(OC)c(OC)c2OC)s1. The van der Waals surface area contributed by atoms with Crippen LogP contribution in [0.1, 0.15) is 16.6 Å². The molecule has 0 atom stereocenters. The van der Waals surface area contributed by atoms with Crippen molar-refractivity contribution in [3.63, 3.8) is 0 Å². The van der Waals surface area contributed by atoms with E-state index in [1.54, 1.807) is 40.4 Å². The van der Waals surface area contributed by atoms with Gasteiger partial charge in [-0.1, -0.05) is 0 Å². The van der Waals surface area contributed by atoms with E-state index in [0.29, 0.717) is 28.7 Å². The van der Waals surface area contributed by atoms with E-state index in [9.17, 15) is 4.79 Å². The Morgan fingerprint density at radius 1 is 1.00 bits per heavy atom. The highest BCUT2D eigenvalue weighted by Gasteiger charge is 2.19. The zero-order chi connectivity index (χ0) is 16.1. The average Bonchev–Trinajstić information content (AvgIpc) is 3.03. The van der Waals surface area contributed by atoms with E-state index in [2.05, 4.69) is 0 Å². The fourth-order valence-electron chi connectivity index (χ4n) is 2.09. The van der Waals surface area contributed by atoms with Crippen molar-refractivity contribution < 1.29 is 23.7 Å². The van der Waals surface area contributed by atoms with Gasteiger partial charge < -0.3 is 18.9 Å². The van der Waals surface area contributed by atoms with E-state index in [4.69, 9.17) is 18.9 Å². The fraction of sp³-hybridized carbons (Fsp3) is 0.312. The van der Waals surface area contributed by atoms with Crippen LogP contribution in [-0.4, -0.2) is 33.9 Å². The zero-order valence-electron chi connectivity index (χ0n) is 13.0. The van der Waals surface area contributed by atoms with Crippen LogP contribution in [0.15, 0.2) is 24.3 Å². The summed E-state index contributed by atoms with van der Waals surface area (Å²) < 4.78 is 21.1. The van der Waals surface area contributed by atoms with Gasteiger partial charge in [-0.3, -0.25) is 0 Å². The van der Waals surface area contributed by atoms with E-state index in [-0.39, 0.29) is 5.97 Å². The summed E-state index contributed by atoms with van der Waals surface area (Å²) in [6.07, 6.45) is 0. The molecule has 0 unspecified atom stereocenters. The van der Waals surface area contributed by atoms with E-state index >= 15 is 0 Å². The minimum atomic E-state index is -0.321. The molecule has 0 radical (unpaired) electrons. The lowest BCUT2D eigenvalue weighted by molar-refractivity contribution is 0.0532. The number of hydrogen-bond donors (Lipinski definition) is 0. The van der Waals surface area contributed by atoms with Gasteiger partial charge in [0.2, 0.25) is 5.75 Å². The van der Waals surface area contributed by atoms with Gasteiger partial charge in [0.15, 0.2) is 11.5 Å². The number of carbonyl (C=O) groups is 1. The predicted molar refractivity (Wildman–Crippen MR) is 85.4 cm³/mol. The molecule has 0 saturated carbocycles. The van der Waals surface area contributed by atoms with Crippen LogP contribution in [0.5, 0.6) is 17.2 Å². The first-order valence-electron chi connectivity index (χ1n) is 6.72. The van der Waals surface area contributed by atoms with Crippen LogP contribution < -0.4 is 14.2 Å². The zero-order valence-corrected chi connectivity index (χ0v) is 13.8. The van der Waals surface area contributed by atoms with E-state index in [0.717, 1.165) is 10.4 Å². The summed E-state index contributed by atoms with van der Waals surface area (Å²) in [6.45, 7) is 2.13. The predicted octanol–water partition coefficient (Wildman–Crippen LogP) is 3.62. The summed E-state index contributed by atoms with van der Waals surface area (Å²) >= 11 is 1.35. The lowest BCUT2D eigenvalue weighted by Crippen LogP contribution is -2.01. The number of benzene rings is 1. The maximum atomic E-state index is 11.8. The van der Waals surface area contributed by atoms with Crippen LogP contribution in [-0.2, 0) is 4.74 Å². The minimum Gasteiger partial charge on any atom is -0.493 e. The summed E-state index contributed by atoms with van der Waals surface area (Å²) in [5.41, 5.74) is 0.834. The van der Waals surface area contributed by atoms with Gasteiger partial charge in [0.1, 0.15) is 4.88 Å². The Morgan fingerprint density at radius 2 is 1.73 bits per heavy atom. The van der Waals surface area contributed by atoms with Gasteiger partial charge in [-0.15, -0.1) is 11.3 Å². The van der Waals surface area contributed by atoms with Gasteiger partial charge in [0.05, 0.1) is 27.9 Å². The summed E-state index contributed by atoms with van der Waals surface area (Å²) in [5, 5.41) is 0. The number of ether oxygens (including phenoxy) is 4. The molecule has 1 heterocycles. The van der Waals surface area contributed by atoms with Gasteiger partial charge in [-0.25, -0.2) is 4.79 Å². The van der Waals surface area contributed by atoms with Crippen molar-refractivity contribution in [3.05, 3.63) is 29.1 Å². The molecule has 5 nitrogen and oxygen atoms in total. The van der Waals surface area contributed by atoms with Gasteiger partial charge in [0.25, 0.3) is 0 Å². The molecule has 0 spiro atoms. The quantitative estimate of drug-likeness (QED) is 0.760. The third kappa shape index (κ3) is 3.01. The molecule has 2 rings (SSSR count). The number of thiophene rings is 1. The number of methoxy groups -OCH3 is 3. The van der Waals surface area contributed by atoms with Gasteiger partial charge in [-0.2, -0.15) is 0 Å². The smallest absolute Gasteiger partial charge is 0.348 e. The van der Waals surface area contributed by atoms with Gasteiger partial charge in [0, 0.05) is 10.4 Å². The normalized spacial score (nSPS) is 10.2. The molecule has 6 heteroatoms. The van der Waals surface area contributed by atoms with Crippen molar-refractivity contribution in [2.45, 2.75) is 6.92 Å². The van der Waals surface area contributed by atoms with Crippen molar-refractivity contribution in [2.24, 2.45) is 0 Å². The monoisotopic (exact) mass is 322 g/mol. The molecule has 118 valence electrons. The highest BCUT2D eigenvalue weighted by Crippen LogP contribution is 2.45. The molecule has 1 aromatic carbocycles. The molecule has 0 saturated heterocycles. The first-order chi connectivity index (χ1) is 10.7. The van der Waals surface area contributed by atoms with Gasteiger partial charge >= 0.3 is 5.97 Å². The van der Waals surface area contributed by atoms with Crippen LogP contribution >= 0.6 is 11.3 Å². The Hall–Kier alpha value is -2.21. The molecule has 0 aliphatic carbocycles. The van der Waals surface area contributed by atoms with Crippen molar-refractivity contribution in [1.82, 2.24) is 0 Å². The maximum Gasteiger partial charge on any atom is 0.348 e. The van der Waals surface area contributed by atoms with E-state index < -0.39 is 0 Å². The number of esters is 1. The molecule has 0 amide bonds. The van der Waals surface area contributed by atoms with E-state index in [1.165, 1.54) is 11.3 Å².